The molecule has 0 aliphatic rings. The quantitative estimate of drug-likeness (QED) is 0.403. The Labute approximate surface area is 124 Å². The Kier molecular flexibility index (Phi) is 10.6. The van der Waals surface area contributed by atoms with Gasteiger partial charge in [0.05, 0.1) is 8.96 Å². The Balaban J connectivity index is 4.71. The fourth-order valence-electron chi connectivity index (χ4n) is 2.13. The summed E-state index contributed by atoms with van der Waals surface area (Å²) in [6.45, 7) is 11.9. The highest BCUT2D eigenvalue weighted by atomic mass is 28.4. The highest BCUT2D eigenvalue weighted by Gasteiger charge is 2.28. The minimum Gasteiger partial charge on any atom is -0.344 e. The van der Waals surface area contributed by atoms with Gasteiger partial charge in [-0.15, -0.1) is 0 Å². The summed E-state index contributed by atoms with van der Waals surface area (Å²) in [5, 5.41) is 0. The van der Waals surface area contributed by atoms with Crippen LogP contribution in [0, 0.1) is 0 Å². The van der Waals surface area contributed by atoms with E-state index in [1.807, 2.05) is 0 Å². The van der Waals surface area contributed by atoms with Crippen molar-refractivity contribution in [3.05, 3.63) is 23.6 Å². The van der Waals surface area contributed by atoms with Gasteiger partial charge in [-0.1, -0.05) is 76.2 Å². The van der Waals surface area contributed by atoms with Gasteiger partial charge in [0.25, 0.3) is 0 Å². The van der Waals surface area contributed by atoms with E-state index in [0.717, 1.165) is 0 Å². The first-order chi connectivity index (χ1) is 8.98. The van der Waals surface area contributed by atoms with E-state index >= 15 is 0 Å². The third-order valence-electron chi connectivity index (χ3n) is 3.89. The maximum absolute atomic E-state index is 2.72. The zero-order valence-electron chi connectivity index (χ0n) is 14.1. The molecule has 0 bridgehead atoms. The van der Waals surface area contributed by atoms with Crippen molar-refractivity contribution in [3.63, 3.8) is 0 Å². The van der Waals surface area contributed by atoms with Crippen molar-refractivity contribution in [2.75, 3.05) is 7.05 Å². The van der Waals surface area contributed by atoms with Crippen molar-refractivity contribution < 1.29 is 0 Å². The van der Waals surface area contributed by atoms with Crippen LogP contribution < -0.4 is 0 Å². The monoisotopic (exact) mass is 297 g/mol. The normalized spacial score (nSPS) is 16.0. The molecule has 0 atom stereocenters. The lowest BCUT2D eigenvalue weighted by molar-refractivity contribution is 0.788. The summed E-state index contributed by atoms with van der Waals surface area (Å²) in [4.78, 5) is 0. The highest BCUT2D eigenvalue weighted by molar-refractivity contribution is 6.91. The third-order valence-corrected chi connectivity index (χ3v) is 12.0. The molecule has 0 heterocycles. The van der Waals surface area contributed by atoms with E-state index in [0.29, 0.717) is 0 Å². The number of rotatable bonds is 10. The number of allylic oxidation sites excluding steroid dienone is 2. The molecular weight excluding hydrogens is 262 g/mol. The van der Waals surface area contributed by atoms with E-state index in [2.05, 4.69) is 68.3 Å². The van der Waals surface area contributed by atoms with Gasteiger partial charge in [0.15, 0.2) is 8.24 Å². The first-order valence-corrected chi connectivity index (χ1v) is 13.5. The van der Waals surface area contributed by atoms with Crippen molar-refractivity contribution >= 4 is 17.2 Å². The lowest BCUT2D eigenvalue weighted by atomic mass is 10.2. The van der Waals surface area contributed by atoms with Crippen molar-refractivity contribution in [2.45, 2.75) is 72.0 Å². The van der Waals surface area contributed by atoms with Gasteiger partial charge in [-0.05, 0) is 26.4 Å². The molecule has 0 aliphatic heterocycles. The molecule has 1 nitrogen and oxygen atoms in total. The summed E-state index contributed by atoms with van der Waals surface area (Å²) in [5.74, 6) is 0. The van der Waals surface area contributed by atoms with Crippen LogP contribution >= 0.6 is 0 Å². The zero-order valence-corrected chi connectivity index (χ0v) is 16.2. The maximum Gasteiger partial charge on any atom is 0.167 e. The fourth-order valence-corrected chi connectivity index (χ4v) is 8.97. The second-order valence-corrected chi connectivity index (χ2v) is 13.3. The van der Waals surface area contributed by atoms with Crippen molar-refractivity contribution in [1.82, 2.24) is 4.23 Å². The van der Waals surface area contributed by atoms with E-state index in [1.165, 1.54) is 38.5 Å². The van der Waals surface area contributed by atoms with Crippen LogP contribution in [0.4, 0.5) is 0 Å². The SMILES string of the molecule is CCCCC=C[Si](C)(C=CCCCC)N(C)[SiH](C)C. The van der Waals surface area contributed by atoms with Crippen LogP contribution in [-0.4, -0.2) is 28.5 Å². The van der Waals surface area contributed by atoms with Crippen molar-refractivity contribution in [2.24, 2.45) is 0 Å². The molecule has 0 aromatic rings. The van der Waals surface area contributed by atoms with Crippen LogP contribution in [0.3, 0.4) is 0 Å². The summed E-state index contributed by atoms with van der Waals surface area (Å²) in [7, 11) is 0.148. The average molecular weight is 298 g/mol. The molecule has 0 amide bonds. The standard InChI is InChI=1S/C16H35NSi2/c1-7-9-11-13-15-19(6,17(3)18(4)5)16-14-12-10-8-2/h13-16,18H,7-12H2,1-6H3. The number of hydrogen-bond donors (Lipinski definition) is 0. The minimum atomic E-state index is -1.48. The van der Waals surface area contributed by atoms with Gasteiger partial charge in [-0.25, -0.2) is 0 Å². The highest BCUT2D eigenvalue weighted by Crippen LogP contribution is 2.15. The molecule has 0 spiro atoms. The van der Waals surface area contributed by atoms with Crippen LogP contribution in [0.15, 0.2) is 23.6 Å². The Morgan fingerprint density at radius 3 is 1.68 bits per heavy atom. The van der Waals surface area contributed by atoms with Gasteiger partial charge in [0.1, 0.15) is 0 Å². The first-order valence-electron chi connectivity index (χ1n) is 8.06. The molecule has 0 rings (SSSR count). The predicted octanol–water partition coefficient (Wildman–Crippen LogP) is 5.05. The van der Waals surface area contributed by atoms with E-state index in [-0.39, 0.29) is 0 Å². The smallest absolute Gasteiger partial charge is 0.167 e. The number of nitrogens with zero attached hydrogens (tertiary/aromatic N) is 1. The molecule has 0 unspecified atom stereocenters. The van der Waals surface area contributed by atoms with Gasteiger partial charge in [-0.2, -0.15) is 0 Å². The third kappa shape index (κ3) is 7.90. The molecule has 0 fully saturated rings. The molecule has 0 radical (unpaired) electrons. The molecule has 3 heteroatoms. The second kappa shape index (κ2) is 10.6. The predicted molar refractivity (Wildman–Crippen MR) is 95.6 cm³/mol. The second-order valence-electron chi connectivity index (χ2n) is 6.02. The molecule has 19 heavy (non-hydrogen) atoms. The van der Waals surface area contributed by atoms with Gasteiger partial charge in [-0.3, -0.25) is 0 Å². The van der Waals surface area contributed by atoms with Crippen LogP contribution in [0.25, 0.3) is 0 Å². The van der Waals surface area contributed by atoms with Crippen LogP contribution in [0.5, 0.6) is 0 Å². The van der Waals surface area contributed by atoms with Crippen molar-refractivity contribution in [3.8, 4) is 0 Å². The molecule has 0 aromatic heterocycles. The summed E-state index contributed by atoms with van der Waals surface area (Å²) in [6, 6.07) is 0. The van der Waals surface area contributed by atoms with E-state index in [4.69, 9.17) is 0 Å². The Morgan fingerprint density at radius 1 is 0.947 bits per heavy atom. The first kappa shape index (κ1) is 18.9. The Hall–Kier alpha value is -0.126. The molecule has 0 saturated heterocycles. The summed E-state index contributed by atoms with van der Waals surface area (Å²) >= 11 is 0. The molecule has 0 aliphatic carbocycles. The number of hydrogen-bond acceptors (Lipinski definition) is 1. The van der Waals surface area contributed by atoms with Gasteiger partial charge < -0.3 is 4.23 Å². The summed E-state index contributed by atoms with van der Waals surface area (Å²) in [6.07, 6.45) is 12.6. The van der Waals surface area contributed by atoms with E-state index in [1.54, 1.807) is 0 Å². The van der Waals surface area contributed by atoms with Crippen molar-refractivity contribution in [1.29, 1.82) is 0 Å². The fraction of sp³-hybridized carbons (Fsp3) is 0.750. The van der Waals surface area contributed by atoms with Gasteiger partial charge in [0, 0.05) is 0 Å². The lowest BCUT2D eigenvalue weighted by Gasteiger charge is -2.35. The molecular formula is C16H35NSi2. The molecule has 0 N–H and O–H groups in total. The largest absolute Gasteiger partial charge is 0.344 e. The molecule has 0 aromatic carbocycles. The Morgan fingerprint density at radius 2 is 1.37 bits per heavy atom. The van der Waals surface area contributed by atoms with E-state index < -0.39 is 17.2 Å². The van der Waals surface area contributed by atoms with Gasteiger partial charge in [0.2, 0.25) is 0 Å². The molecule has 112 valence electrons. The van der Waals surface area contributed by atoms with Crippen LogP contribution in [0.1, 0.15) is 52.4 Å². The van der Waals surface area contributed by atoms with Crippen LogP contribution in [0.2, 0.25) is 19.6 Å². The number of unbranched alkanes of at least 4 members (excludes halogenated alkanes) is 4. The van der Waals surface area contributed by atoms with E-state index in [9.17, 15) is 0 Å². The lowest BCUT2D eigenvalue weighted by Crippen LogP contribution is -2.51. The minimum absolute atomic E-state index is 0.715. The zero-order chi connectivity index (χ0) is 14.7. The Bertz CT molecular complexity index is 254. The average Bonchev–Trinajstić information content (AvgIpc) is 2.39. The topological polar surface area (TPSA) is 3.24 Å². The van der Waals surface area contributed by atoms with Gasteiger partial charge >= 0.3 is 0 Å². The molecule has 0 saturated carbocycles. The van der Waals surface area contributed by atoms with Crippen LogP contribution in [-0.2, 0) is 0 Å². The summed E-state index contributed by atoms with van der Waals surface area (Å²) in [5.41, 5.74) is 5.11. The summed E-state index contributed by atoms with van der Waals surface area (Å²) < 4.78 is 2.72. The maximum atomic E-state index is 2.72.